The van der Waals surface area contributed by atoms with Gasteiger partial charge in [0.15, 0.2) is 11.0 Å². The Hall–Kier alpha value is -3.85. The van der Waals surface area contributed by atoms with Crippen LogP contribution in [0.2, 0.25) is 0 Å². The fraction of sp³-hybridized carbons (Fsp3) is 0.125. The van der Waals surface area contributed by atoms with Crippen molar-refractivity contribution in [2.24, 2.45) is 0 Å². The summed E-state index contributed by atoms with van der Waals surface area (Å²) >= 11 is 1.23. The number of hydrogen-bond acceptors (Lipinski definition) is 6. The van der Waals surface area contributed by atoms with Crippen molar-refractivity contribution in [3.63, 3.8) is 0 Å². The topological polar surface area (TPSA) is 78.3 Å². The molecule has 0 radical (unpaired) electrons. The molecule has 0 aliphatic heterocycles. The number of methoxy groups -OCH3 is 2. The van der Waals surface area contributed by atoms with Gasteiger partial charge in [-0.1, -0.05) is 17.8 Å². The summed E-state index contributed by atoms with van der Waals surface area (Å²) in [6.07, 6.45) is 0. The molecule has 0 atom stereocenters. The lowest BCUT2D eigenvalue weighted by Gasteiger charge is -2.11. The SMILES string of the molecule is COc1ccc(-c2nnc(SCC(=O)Nc3cccc(F)c3)n2-c2ccc(OC)cc2)cc1. The van der Waals surface area contributed by atoms with E-state index in [2.05, 4.69) is 15.5 Å². The third kappa shape index (κ3) is 5.32. The van der Waals surface area contributed by atoms with Crippen LogP contribution in [0.5, 0.6) is 11.5 Å². The average molecular weight is 465 g/mol. The maximum Gasteiger partial charge on any atom is 0.234 e. The minimum absolute atomic E-state index is 0.0768. The molecule has 1 N–H and O–H groups in total. The number of halogens is 1. The van der Waals surface area contributed by atoms with Gasteiger partial charge in [-0.15, -0.1) is 10.2 Å². The van der Waals surface area contributed by atoms with Crippen molar-refractivity contribution in [1.82, 2.24) is 14.8 Å². The smallest absolute Gasteiger partial charge is 0.234 e. The highest BCUT2D eigenvalue weighted by Crippen LogP contribution is 2.30. The first-order chi connectivity index (χ1) is 16.1. The van der Waals surface area contributed by atoms with Crippen LogP contribution >= 0.6 is 11.8 Å². The number of nitrogens with one attached hydrogen (secondary N) is 1. The van der Waals surface area contributed by atoms with Crippen LogP contribution in [0.15, 0.2) is 78.0 Å². The van der Waals surface area contributed by atoms with E-state index >= 15 is 0 Å². The van der Waals surface area contributed by atoms with Gasteiger partial charge < -0.3 is 14.8 Å². The number of anilines is 1. The second-order valence-corrected chi connectivity index (χ2v) is 7.86. The summed E-state index contributed by atoms with van der Waals surface area (Å²) in [5.41, 5.74) is 2.06. The van der Waals surface area contributed by atoms with Crippen LogP contribution in [-0.4, -0.2) is 40.6 Å². The van der Waals surface area contributed by atoms with Gasteiger partial charge in [0.25, 0.3) is 0 Å². The van der Waals surface area contributed by atoms with Gasteiger partial charge in [0.05, 0.1) is 20.0 Å². The van der Waals surface area contributed by atoms with Crippen LogP contribution in [0, 0.1) is 5.82 Å². The van der Waals surface area contributed by atoms with Crippen LogP contribution in [-0.2, 0) is 4.79 Å². The van der Waals surface area contributed by atoms with E-state index in [-0.39, 0.29) is 11.7 Å². The molecular weight excluding hydrogens is 443 g/mol. The highest BCUT2D eigenvalue weighted by molar-refractivity contribution is 7.99. The molecule has 33 heavy (non-hydrogen) atoms. The van der Waals surface area contributed by atoms with Gasteiger partial charge in [0.1, 0.15) is 17.3 Å². The summed E-state index contributed by atoms with van der Waals surface area (Å²) in [5, 5.41) is 11.9. The lowest BCUT2D eigenvalue weighted by molar-refractivity contribution is -0.113. The molecule has 0 saturated carbocycles. The predicted molar refractivity (Wildman–Crippen MR) is 126 cm³/mol. The number of benzene rings is 3. The monoisotopic (exact) mass is 464 g/mol. The number of amides is 1. The maximum atomic E-state index is 13.4. The third-order valence-electron chi connectivity index (χ3n) is 4.75. The van der Waals surface area contributed by atoms with Crippen molar-refractivity contribution in [3.8, 4) is 28.6 Å². The highest BCUT2D eigenvalue weighted by atomic mass is 32.2. The molecule has 0 aliphatic rings. The summed E-state index contributed by atoms with van der Waals surface area (Å²) in [4.78, 5) is 12.4. The zero-order chi connectivity index (χ0) is 23.2. The fourth-order valence-electron chi connectivity index (χ4n) is 3.15. The molecule has 0 aliphatic carbocycles. The Morgan fingerprint density at radius 1 is 0.970 bits per heavy atom. The molecule has 4 rings (SSSR count). The lowest BCUT2D eigenvalue weighted by Crippen LogP contribution is -2.14. The summed E-state index contributed by atoms with van der Waals surface area (Å²) in [5.74, 6) is 1.47. The molecule has 0 saturated heterocycles. The number of nitrogens with zero attached hydrogens (tertiary/aromatic N) is 3. The molecule has 4 aromatic rings. The van der Waals surface area contributed by atoms with E-state index < -0.39 is 5.82 Å². The van der Waals surface area contributed by atoms with E-state index in [0.29, 0.717) is 16.7 Å². The number of thioether (sulfide) groups is 1. The number of aromatic nitrogens is 3. The molecule has 9 heteroatoms. The second kappa shape index (κ2) is 10.2. The van der Waals surface area contributed by atoms with E-state index in [0.717, 1.165) is 22.7 Å². The van der Waals surface area contributed by atoms with Crippen LogP contribution < -0.4 is 14.8 Å². The Morgan fingerprint density at radius 3 is 2.27 bits per heavy atom. The summed E-state index contributed by atoms with van der Waals surface area (Å²) < 4.78 is 25.8. The van der Waals surface area contributed by atoms with E-state index in [4.69, 9.17) is 9.47 Å². The molecular formula is C24H21FN4O3S. The first-order valence-corrected chi connectivity index (χ1v) is 11.0. The van der Waals surface area contributed by atoms with Crippen LogP contribution in [0.1, 0.15) is 0 Å². The second-order valence-electron chi connectivity index (χ2n) is 6.92. The highest BCUT2D eigenvalue weighted by Gasteiger charge is 2.18. The number of carbonyl (C=O) groups is 1. The third-order valence-corrected chi connectivity index (χ3v) is 5.68. The van der Waals surface area contributed by atoms with Crippen molar-refractivity contribution in [2.45, 2.75) is 5.16 Å². The van der Waals surface area contributed by atoms with Crippen LogP contribution in [0.4, 0.5) is 10.1 Å². The molecule has 0 bridgehead atoms. The number of ether oxygens (including phenoxy) is 2. The minimum atomic E-state index is -0.413. The number of hydrogen-bond donors (Lipinski definition) is 1. The molecule has 0 fully saturated rings. The number of rotatable bonds is 8. The first kappa shape index (κ1) is 22.3. The van der Waals surface area contributed by atoms with Crippen molar-refractivity contribution < 1.29 is 18.7 Å². The molecule has 168 valence electrons. The maximum absolute atomic E-state index is 13.4. The van der Waals surface area contributed by atoms with E-state index in [1.807, 2.05) is 53.1 Å². The van der Waals surface area contributed by atoms with Crippen molar-refractivity contribution >= 4 is 23.4 Å². The standard InChI is InChI=1S/C24H21FN4O3S/c1-31-20-10-6-16(7-11-20)23-27-28-24(29(23)19-8-12-21(32-2)13-9-19)33-15-22(30)26-18-5-3-4-17(25)14-18/h3-14H,15H2,1-2H3,(H,26,30). The lowest BCUT2D eigenvalue weighted by atomic mass is 10.2. The van der Waals surface area contributed by atoms with Gasteiger partial charge in [0, 0.05) is 16.9 Å². The molecule has 1 heterocycles. The molecule has 3 aromatic carbocycles. The molecule has 1 aromatic heterocycles. The van der Waals surface area contributed by atoms with Crippen LogP contribution in [0.3, 0.4) is 0 Å². The predicted octanol–water partition coefficient (Wildman–Crippen LogP) is 4.82. The normalized spacial score (nSPS) is 10.6. The average Bonchev–Trinajstić information content (AvgIpc) is 3.27. The Bertz CT molecular complexity index is 1240. The molecule has 1 amide bonds. The van der Waals surface area contributed by atoms with Gasteiger partial charge in [-0.3, -0.25) is 9.36 Å². The Kier molecular flexibility index (Phi) is 6.89. The number of carbonyl (C=O) groups excluding carboxylic acids is 1. The zero-order valence-electron chi connectivity index (χ0n) is 18.0. The van der Waals surface area contributed by atoms with Crippen LogP contribution in [0.25, 0.3) is 17.1 Å². The summed E-state index contributed by atoms with van der Waals surface area (Å²) in [6.45, 7) is 0. The van der Waals surface area contributed by atoms with Gasteiger partial charge in [0.2, 0.25) is 5.91 Å². The van der Waals surface area contributed by atoms with E-state index in [1.54, 1.807) is 26.4 Å². The Balaban J connectivity index is 1.61. The molecule has 0 spiro atoms. The quantitative estimate of drug-likeness (QED) is 0.377. The fourth-order valence-corrected chi connectivity index (χ4v) is 3.90. The zero-order valence-corrected chi connectivity index (χ0v) is 18.8. The van der Waals surface area contributed by atoms with Crippen molar-refractivity contribution in [3.05, 3.63) is 78.6 Å². The van der Waals surface area contributed by atoms with Gasteiger partial charge in [-0.25, -0.2) is 4.39 Å². The van der Waals surface area contributed by atoms with E-state index in [1.165, 1.54) is 23.9 Å². The minimum Gasteiger partial charge on any atom is -0.497 e. The van der Waals surface area contributed by atoms with Gasteiger partial charge >= 0.3 is 0 Å². The largest absolute Gasteiger partial charge is 0.497 e. The van der Waals surface area contributed by atoms with Crippen molar-refractivity contribution in [1.29, 1.82) is 0 Å². The van der Waals surface area contributed by atoms with Gasteiger partial charge in [-0.05, 0) is 66.7 Å². The Labute approximate surface area is 194 Å². The molecule has 0 unspecified atom stereocenters. The van der Waals surface area contributed by atoms with Crippen molar-refractivity contribution in [2.75, 3.05) is 25.3 Å². The Morgan fingerprint density at radius 2 is 1.64 bits per heavy atom. The summed E-state index contributed by atoms with van der Waals surface area (Å²) in [6, 6.07) is 20.7. The van der Waals surface area contributed by atoms with E-state index in [9.17, 15) is 9.18 Å². The first-order valence-electron chi connectivity index (χ1n) is 10.00. The summed E-state index contributed by atoms with van der Waals surface area (Å²) in [7, 11) is 3.22. The molecule has 7 nitrogen and oxygen atoms in total. The van der Waals surface area contributed by atoms with Gasteiger partial charge in [-0.2, -0.15) is 0 Å².